The fourth-order valence-electron chi connectivity index (χ4n) is 3.30. The molecule has 2 aliphatic rings. The molecule has 3 nitrogen and oxygen atoms in total. The van der Waals surface area contributed by atoms with Crippen molar-refractivity contribution in [3.8, 4) is 0 Å². The summed E-state index contributed by atoms with van der Waals surface area (Å²) in [6.07, 6.45) is 5.27. The van der Waals surface area contributed by atoms with Crippen LogP contribution in [0.1, 0.15) is 39.5 Å². The van der Waals surface area contributed by atoms with Crippen molar-refractivity contribution >= 4 is 0 Å². The molecule has 3 heteroatoms. The molecule has 0 amide bonds. The van der Waals surface area contributed by atoms with Crippen molar-refractivity contribution in [2.75, 3.05) is 32.7 Å². The van der Waals surface area contributed by atoms with Gasteiger partial charge < -0.3 is 10.6 Å². The molecular formula is C13H27N3. The highest BCUT2D eigenvalue weighted by molar-refractivity contribution is 4.98. The van der Waals surface area contributed by atoms with E-state index in [2.05, 4.69) is 23.6 Å². The number of hydrogen-bond donors (Lipinski definition) is 1. The van der Waals surface area contributed by atoms with Gasteiger partial charge in [-0.2, -0.15) is 0 Å². The van der Waals surface area contributed by atoms with Crippen molar-refractivity contribution in [3.05, 3.63) is 0 Å². The SMILES string of the molecule is CC(C)N1CCC(CN)(N2CCCC2)CC1. The lowest BCUT2D eigenvalue weighted by Crippen LogP contribution is -2.59. The molecule has 2 fully saturated rings. The molecule has 0 bridgehead atoms. The zero-order valence-corrected chi connectivity index (χ0v) is 10.9. The molecule has 0 aromatic heterocycles. The Morgan fingerprint density at radius 2 is 1.62 bits per heavy atom. The highest BCUT2D eigenvalue weighted by atomic mass is 15.3. The molecule has 16 heavy (non-hydrogen) atoms. The average molecular weight is 225 g/mol. The van der Waals surface area contributed by atoms with E-state index in [0.717, 1.165) is 6.54 Å². The normalized spacial score (nSPS) is 27.8. The summed E-state index contributed by atoms with van der Waals surface area (Å²) in [6, 6.07) is 0.689. The molecule has 2 N–H and O–H groups in total. The fourth-order valence-corrected chi connectivity index (χ4v) is 3.30. The minimum absolute atomic E-state index is 0.335. The van der Waals surface area contributed by atoms with Crippen LogP contribution in [-0.4, -0.2) is 54.1 Å². The van der Waals surface area contributed by atoms with Crippen molar-refractivity contribution in [2.45, 2.75) is 51.1 Å². The van der Waals surface area contributed by atoms with E-state index in [-0.39, 0.29) is 0 Å². The second kappa shape index (κ2) is 5.03. The maximum Gasteiger partial charge on any atom is 0.0356 e. The van der Waals surface area contributed by atoms with Gasteiger partial charge in [-0.25, -0.2) is 0 Å². The number of nitrogens with two attached hydrogens (primary N) is 1. The Bertz CT molecular complexity index is 213. The molecule has 0 aliphatic carbocycles. The highest BCUT2D eigenvalue weighted by Crippen LogP contribution is 2.31. The van der Waals surface area contributed by atoms with Crippen LogP contribution in [-0.2, 0) is 0 Å². The van der Waals surface area contributed by atoms with Crippen molar-refractivity contribution in [3.63, 3.8) is 0 Å². The van der Waals surface area contributed by atoms with E-state index in [0.29, 0.717) is 11.6 Å². The Hall–Kier alpha value is -0.120. The van der Waals surface area contributed by atoms with Crippen LogP contribution >= 0.6 is 0 Å². The Kier molecular flexibility index (Phi) is 3.88. The zero-order valence-electron chi connectivity index (χ0n) is 10.9. The van der Waals surface area contributed by atoms with Crippen molar-refractivity contribution < 1.29 is 0 Å². The number of hydrogen-bond acceptors (Lipinski definition) is 3. The van der Waals surface area contributed by atoms with Crippen molar-refractivity contribution in [1.29, 1.82) is 0 Å². The van der Waals surface area contributed by atoms with Crippen LogP contribution in [0, 0.1) is 0 Å². The molecular weight excluding hydrogens is 198 g/mol. The van der Waals surface area contributed by atoms with Crippen LogP contribution in [0.2, 0.25) is 0 Å². The second-order valence-corrected chi connectivity index (χ2v) is 5.75. The van der Waals surface area contributed by atoms with Crippen LogP contribution in [0.4, 0.5) is 0 Å². The summed E-state index contributed by atoms with van der Waals surface area (Å²) in [5, 5.41) is 0. The Labute approximate surface area is 100.0 Å². The van der Waals surface area contributed by atoms with Gasteiger partial charge in [-0.05, 0) is 52.6 Å². The van der Waals surface area contributed by atoms with Gasteiger partial charge in [0.05, 0.1) is 0 Å². The number of rotatable bonds is 3. The fraction of sp³-hybridized carbons (Fsp3) is 1.00. The van der Waals surface area contributed by atoms with Crippen LogP contribution < -0.4 is 5.73 Å². The molecule has 0 unspecified atom stereocenters. The molecule has 0 aromatic carbocycles. The van der Waals surface area contributed by atoms with E-state index in [1.807, 2.05) is 0 Å². The summed E-state index contributed by atoms with van der Waals surface area (Å²) >= 11 is 0. The lowest BCUT2D eigenvalue weighted by Gasteiger charge is -2.48. The van der Waals surface area contributed by atoms with Crippen LogP contribution in [0.5, 0.6) is 0 Å². The smallest absolute Gasteiger partial charge is 0.0356 e. The molecule has 0 saturated carbocycles. The second-order valence-electron chi connectivity index (χ2n) is 5.75. The number of nitrogens with zero attached hydrogens (tertiary/aromatic N) is 2. The van der Waals surface area contributed by atoms with Gasteiger partial charge in [-0.3, -0.25) is 4.90 Å². The summed E-state index contributed by atoms with van der Waals surface area (Å²) in [5.41, 5.74) is 6.41. The van der Waals surface area contributed by atoms with Gasteiger partial charge in [-0.1, -0.05) is 0 Å². The first-order valence-corrected chi connectivity index (χ1v) is 6.87. The van der Waals surface area contributed by atoms with E-state index in [9.17, 15) is 0 Å². The number of likely N-dealkylation sites (tertiary alicyclic amines) is 2. The summed E-state index contributed by atoms with van der Waals surface area (Å²) in [6.45, 7) is 10.4. The molecule has 0 atom stereocenters. The van der Waals surface area contributed by atoms with Gasteiger partial charge in [0.1, 0.15) is 0 Å². The van der Waals surface area contributed by atoms with Crippen molar-refractivity contribution in [1.82, 2.24) is 9.80 Å². The van der Waals surface area contributed by atoms with Gasteiger partial charge in [0.25, 0.3) is 0 Å². The molecule has 0 spiro atoms. The van der Waals surface area contributed by atoms with Crippen molar-refractivity contribution in [2.24, 2.45) is 5.73 Å². The summed E-state index contributed by atoms with van der Waals surface area (Å²) in [4.78, 5) is 5.26. The topological polar surface area (TPSA) is 32.5 Å². The van der Waals surface area contributed by atoms with Gasteiger partial charge >= 0.3 is 0 Å². The van der Waals surface area contributed by atoms with Gasteiger partial charge in [0, 0.05) is 31.2 Å². The minimum atomic E-state index is 0.335. The maximum absolute atomic E-state index is 6.08. The predicted octanol–water partition coefficient (Wildman–Crippen LogP) is 1.28. The van der Waals surface area contributed by atoms with E-state index < -0.39 is 0 Å². The van der Waals surface area contributed by atoms with Crippen LogP contribution in [0.3, 0.4) is 0 Å². The summed E-state index contributed by atoms with van der Waals surface area (Å²) in [7, 11) is 0. The molecule has 2 rings (SSSR count). The van der Waals surface area contributed by atoms with Gasteiger partial charge in [0.2, 0.25) is 0 Å². The average Bonchev–Trinajstić information content (AvgIpc) is 2.83. The predicted molar refractivity (Wildman–Crippen MR) is 68.5 cm³/mol. The third-order valence-corrected chi connectivity index (χ3v) is 4.62. The lowest BCUT2D eigenvalue weighted by atomic mass is 9.85. The standard InChI is InChI=1S/C13H27N3/c1-12(2)15-9-5-13(11-14,6-10-15)16-7-3-4-8-16/h12H,3-11,14H2,1-2H3. The van der Waals surface area contributed by atoms with E-state index in [1.54, 1.807) is 0 Å². The van der Waals surface area contributed by atoms with Gasteiger partial charge in [-0.15, -0.1) is 0 Å². The minimum Gasteiger partial charge on any atom is -0.329 e. The molecule has 2 aliphatic heterocycles. The Morgan fingerprint density at radius 3 is 2.06 bits per heavy atom. The van der Waals surface area contributed by atoms with Crippen LogP contribution in [0.15, 0.2) is 0 Å². The quantitative estimate of drug-likeness (QED) is 0.785. The maximum atomic E-state index is 6.08. The van der Waals surface area contributed by atoms with Gasteiger partial charge in [0.15, 0.2) is 0 Å². The van der Waals surface area contributed by atoms with E-state index in [1.165, 1.54) is 51.9 Å². The summed E-state index contributed by atoms with van der Waals surface area (Å²) in [5.74, 6) is 0. The van der Waals surface area contributed by atoms with E-state index in [4.69, 9.17) is 5.73 Å². The third kappa shape index (κ3) is 2.27. The third-order valence-electron chi connectivity index (χ3n) is 4.62. The van der Waals surface area contributed by atoms with Crippen LogP contribution in [0.25, 0.3) is 0 Å². The first kappa shape index (κ1) is 12.3. The molecule has 0 radical (unpaired) electrons. The largest absolute Gasteiger partial charge is 0.329 e. The molecule has 2 saturated heterocycles. The zero-order chi connectivity index (χ0) is 11.6. The first-order chi connectivity index (χ1) is 7.68. The van der Waals surface area contributed by atoms with E-state index >= 15 is 0 Å². The number of piperidine rings is 1. The monoisotopic (exact) mass is 225 g/mol. The lowest BCUT2D eigenvalue weighted by molar-refractivity contribution is 0.0331. The molecule has 0 aromatic rings. The molecule has 2 heterocycles. The first-order valence-electron chi connectivity index (χ1n) is 6.87. The summed E-state index contributed by atoms with van der Waals surface area (Å²) < 4.78 is 0. The Balaban J connectivity index is 1.97. The highest BCUT2D eigenvalue weighted by Gasteiger charge is 2.39. The molecule has 94 valence electrons. The Morgan fingerprint density at radius 1 is 1.06 bits per heavy atom.